The Morgan fingerprint density at radius 3 is 0.494 bits per heavy atom. The van der Waals surface area contributed by atoms with E-state index in [2.05, 4.69) is 0 Å². The predicted octanol–water partition coefficient (Wildman–Crippen LogP) is -12.5. The number of sulfonamides is 6. The number of para-hydroxylation sites is 6. The molecule has 0 aliphatic rings. The summed E-state index contributed by atoms with van der Waals surface area (Å²) in [6.45, 7) is 0. The zero-order valence-corrected chi connectivity index (χ0v) is 51.8. The van der Waals surface area contributed by atoms with Gasteiger partial charge in [-0.1, -0.05) is 72.8 Å². The van der Waals surface area contributed by atoms with Crippen LogP contribution < -0.4 is 182 Å². The van der Waals surface area contributed by atoms with Crippen LogP contribution in [0.15, 0.2) is 175 Å². The van der Waals surface area contributed by atoms with Crippen molar-refractivity contribution in [1.82, 2.24) is 29.0 Å². The molecule has 6 aromatic carbocycles. The third kappa shape index (κ3) is 22.1. The molecule has 0 aromatic heterocycles. The molecule has 18 N–H and O–H groups in total. The van der Waals surface area contributed by atoms with Gasteiger partial charge in [-0.15, -0.1) is 29.0 Å². The Bertz CT molecular complexity index is 3080. The van der Waals surface area contributed by atoms with Crippen LogP contribution in [0.4, 0.5) is 0 Å². The molecule has 0 atom stereocenters. The number of rotatable bonds is 18. The van der Waals surface area contributed by atoms with Crippen molar-refractivity contribution in [1.29, 1.82) is 0 Å². The van der Waals surface area contributed by atoms with Gasteiger partial charge in [0.2, 0.25) is 0 Å². The largest absolute Gasteiger partial charge is 1.00 e. The minimum Gasteiger partial charge on any atom is -0.822 e. The van der Waals surface area contributed by atoms with Gasteiger partial charge in [0.1, 0.15) is 63.9 Å². The van der Waals surface area contributed by atoms with Crippen molar-refractivity contribution in [2.24, 2.45) is 35.1 Å². The third-order valence-electron chi connectivity index (χ3n) is 8.42. The van der Waals surface area contributed by atoms with E-state index >= 15 is 0 Å². The molecule has 0 aliphatic carbocycles. The van der Waals surface area contributed by atoms with Crippen LogP contribution in [-0.2, 0) is 64.7 Å². The number of nitrogens with two attached hydrogens (primary N) is 6. The van der Waals surface area contributed by atoms with E-state index in [1.807, 2.05) is 0 Å². The number of phosphoric acid groups is 1. The summed E-state index contributed by atoms with van der Waals surface area (Å²) in [5.41, 5.74) is 0. The van der Waals surface area contributed by atoms with Crippen molar-refractivity contribution < 1.29 is 173 Å². The number of hydrogen-bond acceptors (Lipinski definition) is 25. The summed E-state index contributed by atoms with van der Waals surface area (Å²) in [7, 11) is -29.3. The van der Waals surface area contributed by atoms with Gasteiger partial charge in [-0.25, -0.2) is 50.5 Å². The Labute approximate surface area is 508 Å². The van der Waals surface area contributed by atoms with Crippen LogP contribution >= 0.6 is 7.82 Å². The molecule has 6 rings (SSSR count). The van der Waals surface area contributed by atoms with E-state index in [9.17, 15) is 50.5 Å². The van der Waals surface area contributed by atoms with Gasteiger partial charge < -0.3 is 33.5 Å². The molecule has 0 unspecified atom stereocenters. The molecule has 0 fully saturated rings. The second kappa shape index (κ2) is 32.5. The molecule has 41 heteroatoms. The molecule has 0 saturated heterocycles. The Morgan fingerprint density at radius 1 is 0.286 bits per heavy atom. The van der Waals surface area contributed by atoms with E-state index in [4.69, 9.17) is 68.5 Å². The van der Waals surface area contributed by atoms with Crippen LogP contribution in [-0.4, -0.2) is 50.5 Å². The Hall–Kier alpha value is -2.95. The second-order valence-electron chi connectivity index (χ2n) is 13.2. The minimum absolute atomic E-state index is 0. The zero-order chi connectivity index (χ0) is 55.8. The van der Waals surface area contributed by atoms with Crippen molar-refractivity contribution in [2.75, 3.05) is 0 Å². The number of nitrogens with one attached hydrogen (secondary N) is 6. The zero-order valence-electron chi connectivity index (χ0n) is 40.0. The summed E-state index contributed by atoms with van der Waals surface area (Å²) < 4.78 is 168. The Morgan fingerprint density at radius 2 is 0.390 bits per heavy atom. The van der Waals surface area contributed by atoms with Crippen molar-refractivity contribution in [3.05, 3.63) is 146 Å². The van der Waals surface area contributed by atoms with Gasteiger partial charge in [-0.3, -0.25) is 35.1 Å². The Kier molecular flexibility index (Phi) is 31.2. The van der Waals surface area contributed by atoms with Crippen LogP contribution in [0.2, 0.25) is 0 Å². The second-order valence-corrected chi connectivity index (χ2v) is 24.2. The molecule has 0 bridgehead atoms. The SMILES string of the molecule is NNS(=O)(=O)c1ccccc1Oc1ccccc1S(=O)(=O)NN.NNS(=O)(=O)c1ccccc1Oc1ccccc1S(=O)(=O)NN.NNS(=O)(=O)c1ccccc1Oc1ccccc1S(=O)(=O)NN.O=P([O-])([O-])[O-].[Na+].[Na+].[Na+]. The van der Waals surface area contributed by atoms with Gasteiger partial charge in [0.25, 0.3) is 60.1 Å². The van der Waals surface area contributed by atoms with Gasteiger partial charge in [0, 0.05) is 0 Å². The first-order chi connectivity index (χ1) is 34.4. The van der Waals surface area contributed by atoms with E-state index < -0.39 is 68.0 Å². The van der Waals surface area contributed by atoms with E-state index in [1.54, 1.807) is 29.0 Å². The van der Waals surface area contributed by atoms with Crippen LogP contribution in [0, 0.1) is 0 Å². The summed E-state index contributed by atoms with van der Waals surface area (Å²) >= 11 is 0. The molecular formula is C36H42N12Na3O19PS6. The number of ether oxygens (including phenoxy) is 3. The van der Waals surface area contributed by atoms with Gasteiger partial charge in [0.05, 0.1) is 0 Å². The molecule has 31 nitrogen and oxygen atoms in total. The standard InChI is InChI=1S/3C12H14N4O5S2.3Na.H3O4P/c3*13-15-22(17,18)11-7-3-1-5-9(11)21-10-6-2-4-8-12(10)23(19,20)16-14;;;;1-5(2,3)4/h3*1-8,15-16H,13-14H2;;;;(H3,1,2,3,4)/q;;;3*+1;/p-3. The third-order valence-corrected chi connectivity index (χ3v) is 15.8. The van der Waals surface area contributed by atoms with Crippen molar-refractivity contribution >= 4 is 68.0 Å². The molecule has 0 spiro atoms. The maximum atomic E-state index is 11.9. The fourth-order valence-corrected chi connectivity index (χ4v) is 9.83. The molecule has 0 saturated carbocycles. The monoisotopic (exact) mass is 1240 g/mol. The summed E-state index contributed by atoms with van der Waals surface area (Å²) in [5, 5.41) is 0. The fraction of sp³-hybridized carbons (Fsp3) is 0. The summed E-state index contributed by atoms with van der Waals surface area (Å²) in [6, 6.07) is 33.8. The maximum absolute atomic E-state index is 11.9. The summed E-state index contributed by atoms with van der Waals surface area (Å²) in [6.07, 6.45) is 0. The molecule has 77 heavy (non-hydrogen) atoms. The van der Waals surface area contributed by atoms with E-state index in [-0.39, 0.29) is 153 Å². The van der Waals surface area contributed by atoms with Gasteiger partial charge >= 0.3 is 88.7 Å². The molecule has 0 aliphatic heterocycles. The quantitative estimate of drug-likeness (QED) is 0.0165. The van der Waals surface area contributed by atoms with Gasteiger partial charge in [0.15, 0.2) is 0 Å². The molecule has 6 aromatic rings. The molecular weight excluding hydrogens is 1200 g/mol. The summed E-state index contributed by atoms with van der Waals surface area (Å²) in [5.74, 6) is 29.5. The van der Waals surface area contributed by atoms with E-state index in [0.29, 0.717) is 0 Å². The average molecular weight is 1240 g/mol. The molecule has 0 amide bonds. The first-order valence-electron chi connectivity index (χ1n) is 19.1. The normalized spacial score (nSPS) is 11.6. The average Bonchev–Trinajstić information content (AvgIpc) is 3.37. The molecule has 404 valence electrons. The van der Waals surface area contributed by atoms with Crippen LogP contribution in [0.25, 0.3) is 0 Å². The molecule has 0 heterocycles. The van der Waals surface area contributed by atoms with E-state index in [0.717, 1.165) is 0 Å². The number of hydrogen-bond donors (Lipinski definition) is 12. The summed E-state index contributed by atoms with van der Waals surface area (Å²) in [4.78, 5) is 34.3. The van der Waals surface area contributed by atoms with Crippen molar-refractivity contribution in [3.63, 3.8) is 0 Å². The number of hydrazine groups is 6. The predicted molar refractivity (Wildman–Crippen MR) is 254 cm³/mol. The first kappa shape index (κ1) is 74.0. The van der Waals surface area contributed by atoms with E-state index in [1.165, 1.54) is 146 Å². The van der Waals surface area contributed by atoms with Crippen molar-refractivity contribution in [3.8, 4) is 34.5 Å². The van der Waals surface area contributed by atoms with Gasteiger partial charge in [-0.2, -0.15) is 7.82 Å². The van der Waals surface area contributed by atoms with Gasteiger partial charge in [-0.05, 0) is 72.8 Å². The Balaban J connectivity index is 0.00000106. The topological polar surface area (TPSA) is 547 Å². The minimum atomic E-state index is -5.39. The van der Waals surface area contributed by atoms with Crippen LogP contribution in [0.5, 0.6) is 34.5 Å². The van der Waals surface area contributed by atoms with Crippen LogP contribution in [0.3, 0.4) is 0 Å². The van der Waals surface area contributed by atoms with Crippen molar-refractivity contribution in [2.45, 2.75) is 29.4 Å². The van der Waals surface area contributed by atoms with Crippen LogP contribution in [0.1, 0.15) is 0 Å². The smallest absolute Gasteiger partial charge is 0.822 e. The maximum Gasteiger partial charge on any atom is 1.00 e. The fourth-order valence-electron chi connectivity index (χ4n) is 5.28. The number of benzene rings is 6. The molecule has 0 radical (unpaired) electrons. The first-order valence-corrected chi connectivity index (χ1v) is 29.5.